The predicted molar refractivity (Wildman–Crippen MR) is 67.0 cm³/mol. The van der Waals surface area contributed by atoms with Crippen LogP contribution in [-0.4, -0.2) is 6.54 Å². The van der Waals surface area contributed by atoms with Gasteiger partial charge in [0.2, 0.25) is 0 Å². The molecule has 0 saturated carbocycles. The molecule has 1 rings (SSSR count). The van der Waals surface area contributed by atoms with Crippen molar-refractivity contribution < 1.29 is 0 Å². The number of nitrogens with one attached hydrogen (secondary N) is 1. The fourth-order valence-corrected chi connectivity index (χ4v) is 1.51. The van der Waals surface area contributed by atoms with E-state index in [0.29, 0.717) is 11.6 Å². The number of rotatable bonds is 5. The molecule has 0 aliphatic carbocycles. The molecule has 0 amide bonds. The molecule has 0 spiro atoms. The first-order chi connectivity index (χ1) is 7.77. The minimum atomic E-state index is 0.331. The third-order valence-corrected chi connectivity index (χ3v) is 2.54. The van der Waals surface area contributed by atoms with Gasteiger partial charge in [0.1, 0.15) is 0 Å². The normalized spacial score (nSPS) is 12.6. The van der Waals surface area contributed by atoms with Crippen molar-refractivity contribution in [3.63, 3.8) is 0 Å². The average Bonchev–Trinajstić information content (AvgIpc) is 2.34. The molecule has 0 aromatic heterocycles. The Bertz CT molecular complexity index is 371. The molecule has 1 aromatic rings. The lowest BCUT2D eigenvalue weighted by atomic mass is 10.1. The van der Waals surface area contributed by atoms with Crippen LogP contribution >= 0.6 is 0 Å². The Morgan fingerprint density at radius 3 is 2.62 bits per heavy atom. The summed E-state index contributed by atoms with van der Waals surface area (Å²) in [6.45, 7) is 5.15. The molecule has 1 aromatic carbocycles. The van der Waals surface area contributed by atoms with Crippen molar-refractivity contribution >= 4 is 0 Å². The van der Waals surface area contributed by atoms with Gasteiger partial charge in [-0.2, -0.15) is 5.26 Å². The predicted octanol–water partition coefficient (Wildman–Crippen LogP) is 3.18. The number of nitrogens with zero attached hydrogens (tertiary/aromatic N) is 1. The quantitative estimate of drug-likeness (QED) is 0.603. The SMILES string of the molecule is C/C=C/CCNC(C)c1ccc(C#N)cc1. The molecule has 1 N–H and O–H groups in total. The molecule has 0 fully saturated rings. The van der Waals surface area contributed by atoms with Crippen LogP contribution in [0, 0.1) is 11.3 Å². The van der Waals surface area contributed by atoms with Gasteiger partial charge < -0.3 is 5.32 Å². The van der Waals surface area contributed by atoms with Gasteiger partial charge in [0.25, 0.3) is 0 Å². The van der Waals surface area contributed by atoms with E-state index in [1.165, 1.54) is 5.56 Å². The summed E-state index contributed by atoms with van der Waals surface area (Å²) in [5.74, 6) is 0. The summed E-state index contributed by atoms with van der Waals surface area (Å²) in [6, 6.07) is 10.2. The second-order valence-electron chi connectivity index (χ2n) is 3.77. The van der Waals surface area contributed by atoms with Crippen LogP contribution in [0.4, 0.5) is 0 Å². The van der Waals surface area contributed by atoms with Crippen molar-refractivity contribution in [2.45, 2.75) is 26.3 Å². The molecule has 1 atom stereocenters. The molecule has 0 aliphatic heterocycles. The topological polar surface area (TPSA) is 35.8 Å². The van der Waals surface area contributed by atoms with Gasteiger partial charge in [0, 0.05) is 6.04 Å². The maximum absolute atomic E-state index is 8.69. The first-order valence-electron chi connectivity index (χ1n) is 5.62. The smallest absolute Gasteiger partial charge is 0.0991 e. The van der Waals surface area contributed by atoms with Crippen LogP contribution in [0.3, 0.4) is 0 Å². The van der Waals surface area contributed by atoms with Crippen molar-refractivity contribution in [1.82, 2.24) is 5.32 Å². The van der Waals surface area contributed by atoms with Crippen molar-refractivity contribution in [3.8, 4) is 6.07 Å². The van der Waals surface area contributed by atoms with Crippen molar-refractivity contribution in [1.29, 1.82) is 5.26 Å². The molecular formula is C14H18N2. The minimum Gasteiger partial charge on any atom is -0.310 e. The summed E-state index contributed by atoms with van der Waals surface area (Å²) in [7, 11) is 0. The number of allylic oxidation sites excluding steroid dienone is 1. The zero-order valence-electron chi connectivity index (χ0n) is 9.90. The maximum atomic E-state index is 8.69. The lowest BCUT2D eigenvalue weighted by Crippen LogP contribution is -2.19. The summed E-state index contributed by atoms with van der Waals surface area (Å²) in [6.07, 6.45) is 5.27. The van der Waals surface area contributed by atoms with E-state index in [4.69, 9.17) is 5.26 Å². The highest BCUT2D eigenvalue weighted by atomic mass is 14.9. The largest absolute Gasteiger partial charge is 0.310 e. The summed E-state index contributed by atoms with van der Waals surface area (Å²) < 4.78 is 0. The number of hydrogen-bond acceptors (Lipinski definition) is 2. The second-order valence-corrected chi connectivity index (χ2v) is 3.77. The van der Waals surface area contributed by atoms with Crippen molar-refractivity contribution in [2.24, 2.45) is 0 Å². The molecule has 1 unspecified atom stereocenters. The molecule has 16 heavy (non-hydrogen) atoms. The van der Waals surface area contributed by atoms with Crippen LogP contribution in [0.15, 0.2) is 36.4 Å². The van der Waals surface area contributed by atoms with Crippen LogP contribution in [0.1, 0.15) is 37.4 Å². The van der Waals surface area contributed by atoms with Gasteiger partial charge in [-0.1, -0.05) is 24.3 Å². The van der Waals surface area contributed by atoms with E-state index in [2.05, 4.69) is 30.5 Å². The summed E-state index contributed by atoms with van der Waals surface area (Å²) in [5, 5.41) is 12.1. The van der Waals surface area contributed by atoms with E-state index in [9.17, 15) is 0 Å². The maximum Gasteiger partial charge on any atom is 0.0991 e. The monoisotopic (exact) mass is 214 g/mol. The van der Waals surface area contributed by atoms with Crippen LogP contribution < -0.4 is 5.32 Å². The van der Waals surface area contributed by atoms with Gasteiger partial charge in [0.05, 0.1) is 11.6 Å². The highest BCUT2D eigenvalue weighted by Gasteiger charge is 2.03. The van der Waals surface area contributed by atoms with Gasteiger partial charge in [0.15, 0.2) is 0 Å². The Morgan fingerprint density at radius 1 is 1.38 bits per heavy atom. The third kappa shape index (κ3) is 3.88. The molecule has 84 valence electrons. The Kier molecular flexibility index (Phi) is 5.31. The Morgan fingerprint density at radius 2 is 2.06 bits per heavy atom. The van der Waals surface area contributed by atoms with Crippen molar-refractivity contribution in [2.75, 3.05) is 6.54 Å². The Balaban J connectivity index is 2.46. The van der Waals surface area contributed by atoms with E-state index in [1.807, 2.05) is 31.2 Å². The van der Waals surface area contributed by atoms with E-state index in [1.54, 1.807) is 0 Å². The third-order valence-electron chi connectivity index (χ3n) is 2.54. The average molecular weight is 214 g/mol. The molecule has 2 nitrogen and oxygen atoms in total. The van der Waals surface area contributed by atoms with Crippen molar-refractivity contribution in [3.05, 3.63) is 47.5 Å². The van der Waals surface area contributed by atoms with Crippen LogP contribution in [0.25, 0.3) is 0 Å². The number of benzene rings is 1. The van der Waals surface area contributed by atoms with Crippen LogP contribution in [0.2, 0.25) is 0 Å². The fraction of sp³-hybridized carbons (Fsp3) is 0.357. The fourth-order valence-electron chi connectivity index (χ4n) is 1.51. The van der Waals surface area contributed by atoms with Gasteiger partial charge in [-0.25, -0.2) is 0 Å². The second kappa shape index (κ2) is 6.81. The highest BCUT2D eigenvalue weighted by Crippen LogP contribution is 2.12. The van der Waals surface area contributed by atoms with Gasteiger partial charge in [-0.15, -0.1) is 0 Å². The van der Waals surface area contributed by atoms with E-state index < -0.39 is 0 Å². The molecule has 0 aliphatic rings. The zero-order chi connectivity index (χ0) is 11.8. The molecule has 2 heteroatoms. The summed E-state index contributed by atoms with van der Waals surface area (Å²) in [5.41, 5.74) is 1.93. The van der Waals surface area contributed by atoms with E-state index in [0.717, 1.165) is 13.0 Å². The summed E-state index contributed by atoms with van der Waals surface area (Å²) >= 11 is 0. The standard InChI is InChI=1S/C14H18N2/c1-3-4-5-10-16-12(2)14-8-6-13(11-15)7-9-14/h3-4,6-9,12,16H,5,10H2,1-2H3/b4-3+. The van der Waals surface area contributed by atoms with Crippen LogP contribution in [0.5, 0.6) is 0 Å². The first-order valence-corrected chi connectivity index (χ1v) is 5.62. The zero-order valence-corrected chi connectivity index (χ0v) is 9.90. The van der Waals surface area contributed by atoms with E-state index >= 15 is 0 Å². The Hall–Kier alpha value is -1.59. The number of hydrogen-bond donors (Lipinski definition) is 1. The van der Waals surface area contributed by atoms with Gasteiger partial charge >= 0.3 is 0 Å². The Labute approximate surface area is 97.6 Å². The van der Waals surface area contributed by atoms with Crippen LogP contribution in [-0.2, 0) is 0 Å². The first kappa shape index (κ1) is 12.5. The number of nitriles is 1. The lowest BCUT2D eigenvalue weighted by molar-refractivity contribution is 0.581. The summed E-state index contributed by atoms with van der Waals surface area (Å²) in [4.78, 5) is 0. The molecule has 0 radical (unpaired) electrons. The highest BCUT2D eigenvalue weighted by molar-refractivity contribution is 5.32. The molecule has 0 heterocycles. The minimum absolute atomic E-state index is 0.331. The lowest BCUT2D eigenvalue weighted by Gasteiger charge is -2.13. The molecule has 0 saturated heterocycles. The molecule has 0 bridgehead atoms. The van der Waals surface area contributed by atoms with Gasteiger partial charge in [-0.3, -0.25) is 0 Å². The van der Waals surface area contributed by atoms with E-state index in [-0.39, 0.29) is 0 Å². The van der Waals surface area contributed by atoms with Gasteiger partial charge in [-0.05, 0) is 44.5 Å². The molecular weight excluding hydrogens is 196 g/mol.